The van der Waals surface area contributed by atoms with Crippen LogP contribution in [0.1, 0.15) is 67.2 Å². The van der Waals surface area contributed by atoms with E-state index in [1.54, 1.807) is 13.8 Å². The standard InChI is InChI=1S/C37H37NO10/c1-4-46-36(43)33-24(16-40)27(20-13-21(15-39)30(42)23(14-20)18-7-8-26-19(12-18)9-11-38-26)29-32(47-33)25(17-41)31-28(34(29)45-3)22-6-5-10-37(2,44)35(22)48-31/h5-9,11-12,16,21-23,35,38-39,41,44H,4,10,13-15,17H2,1-3H3/b27-20+/t21-,22-,23-,35-,37+/m0/s1. The number of allylic oxidation sites excluding steroid dienone is 3. The molecule has 7 rings (SSSR count). The van der Waals surface area contributed by atoms with Crippen LogP contribution in [-0.4, -0.2) is 70.4 Å². The number of hydrogen-bond donors (Lipinski definition) is 4. The van der Waals surface area contributed by atoms with E-state index in [1.165, 1.54) is 7.11 Å². The van der Waals surface area contributed by atoms with Crippen LogP contribution in [0.5, 0.6) is 17.2 Å². The second kappa shape index (κ2) is 12.1. The van der Waals surface area contributed by atoms with E-state index in [4.69, 9.17) is 18.9 Å². The lowest BCUT2D eigenvalue weighted by molar-refractivity contribution is -0.141. The predicted octanol–water partition coefficient (Wildman–Crippen LogP) is 4.14. The third-order valence-electron chi connectivity index (χ3n) is 10.0. The highest BCUT2D eigenvalue weighted by molar-refractivity contribution is 6.11. The Bertz CT molecular complexity index is 1950. The summed E-state index contributed by atoms with van der Waals surface area (Å²) in [6.07, 6.45) is 6.06. The maximum Gasteiger partial charge on any atom is 0.375 e. The van der Waals surface area contributed by atoms with Crippen LogP contribution < -0.4 is 14.2 Å². The Kier molecular flexibility index (Phi) is 8.01. The lowest BCUT2D eigenvalue weighted by Gasteiger charge is -2.35. The number of aliphatic hydroxyl groups is 3. The molecule has 3 heterocycles. The van der Waals surface area contributed by atoms with Gasteiger partial charge in [-0.25, -0.2) is 4.79 Å². The van der Waals surface area contributed by atoms with E-state index < -0.39 is 48.6 Å². The molecule has 2 aromatic carbocycles. The number of fused-ring (bicyclic) bond motifs is 5. The maximum atomic E-state index is 13.8. The molecule has 1 aromatic heterocycles. The number of aromatic nitrogens is 1. The Hall–Kier alpha value is -4.71. The number of carbonyl (C=O) groups excluding carboxylic acids is 3. The number of aromatic amines is 1. The number of nitrogens with one attached hydrogen (secondary N) is 1. The lowest BCUT2D eigenvalue weighted by atomic mass is 9.71. The van der Waals surface area contributed by atoms with Gasteiger partial charge < -0.3 is 39.3 Å². The van der Waals surface area contributed by atoms with Crippen LogP contribution in [0.3, 0.4) is 0 Å². The first-order chi connectivity index (χ1) is 23.2. The van der Waals surface area contributed by atoms with Gasteiger partial charge in [0.15, 0.2) is 6.29 Å². The van der Waals surface area contributed by atoms with Crippen molar-refractivity contribution < 1.29 is 48.7 Å². The highest BCUT2D eigenvalue weighted by atomic mass is 16.6. The molecule has 4 aliphatic rings. The topological polar surface area (TPSA) is 165 Å². The van der Waals surface area contributed by atoms with E-state index in [0.717, 1.165) is 16.5 Å². The number of carbonyl (C=O) groups is 3. The van der Waals surface area contributed by atoms with E-state index >= 15 is 0 Å². The smallest absolute Gasteiger partial charge is 0.375 e. The number of ether oxygens (including phenoxy) is 4. The molecule has 0 spiro atoms. The molecule has 5 atom stereocenters. The van der Waals surface area contributed by atoms with Crippen LogP contribution in [0.4, 0.5) is 0 Å². The van der Waals surface area contributed by atoms with E-state index in [2.05, 4.69) is 4.98 Å². The second-order valence-corrected chi connectivity index (χ2v) is 12.9. The fourth-order valence-corrected chi connectivity index (χ4v) is 7.80. The number of Topliss-reactive ketones (excluding diaryl/α,β-unsaturated/α-hetero) is 1. The summed E-state index contributed by atoms with van der Waals surface area (Å²) in [6, 6.07) is 7.62. The van der Waals surface area contributed by atoms with Gasteiger partial charge in [-0.05, 0) is 62.3 Å². The first-order valence-corrected chi connectivity index (χ1v) is 16.1. The molecule has 11 nitrogen and oxygen atoms in total. The minimum Gasteiger partial charge on any atom is -0.496 e. The van der Waals surface area contributed by atoms with Gasteiger partial charge in [-0.2, -0.15) is 0 Å². The molecule has 0 unspecified atom stereocenters. The number of H-pyrrole nitrogens is 1. The minimum atomic E-state index is -1.24. The summed E-state index contributed by atoms with van der Waals surface area (Å²) < 4.78 is 24.0. The van der Waals surface area contributed by atoms with Gasteiger partial charge in [0, 0.05) is 40.6 Å². The third kappa shape index (κ3) is 4.79. The number of esters is 1. The van der Waals surface area contributed by atoms with E-state index in [0.29, 0.717) is 40.7 Å². The largest absolute Gasteiger partial charge is 0.496 e. The van der Waals surface area contributed by atoms with Crippen LogP contribution in [0.25, 0.3) is 16.5 Å². The first-order valence-electron chi connectivity index (χ1n) is 16.1. The zero-order valence-electron chi connectivity index (χ0n) is 26.9. The van der Waals surface area contributed by atoms with Gasteiger partial charge in [-0.1, -0.05) is 23.8 Å². The van der Waals surface area contributed by atoms with Gasteiger partial charge in [-0.3, -0.25) is 9.59 Å². The molecule has 0 bridgehead atoms. The van der Waals surface area contributed by atoms with Crippen LogP contribution in [0.15, 0.2) is 59.5 Å². The zero-order valence-corrected chi connectivity index (χ0v) is 26.9. The predicted molar refractivity (Wildman–Crippen MR) is 174 cm³/mol. The molecule has 4 N–H and O–H groups in total. The quantitative estimate of drug-likeness (QED) is 0.165. The number of aldehydes is 1. The zero-order chi connectivity index (χ0) is 33.9. The Balaban J connectivity index is 1.52. The monoisotopic (exact) mass is 655 g/mol. The molecular weight excluding hydrogens is 618 g/mol. The molecule has 250 valence electrons. The molecule has 11 heteroatoms. The molecule has 1 saturated carbocycles. The van der Waals surface area contributed by atoms with Crippen LogP contribution >= 0.6 is 0 Å². The van der Waals surface area contributed by atoms with Crippen molar-refractivity contribution in [1.29, 1.82) is 0 Å². The highest BCUT2D eigenvalue weighted by Crippen LogP contribution is 2.60. The normalized spacial score (nSPS) is 27.6. The lowest BCUT2D eigenvalue weighted by Crippen LogP contribution is -2.45. The fraction of sp³-hybridized carbons (Fsp3) is 0.378. The molecule has 3 aromatic rings. The van der Waals surface area contributed by atoms with Gasteiger partial charge in [0.2, 0.25) is 5.76 Å². The van der Waals surface area contributed by atoms with Crippen molar-refractivity contribution >= 4 is 34.5 Å². The number of rotatable bonds is 7. The van der Waals surface area contributed by atoms with Crippen molar-refractivity contribution in [3.05, 3.63) is 81.8 Å². The second-order valence-electron chi connectivity index (χ2n) is 12.9. The van der Waals surface area contributed by atoms with Gasteiger partial charge >= 0.3 is 5.97 Å². The van der Waals surface area contributed by atoms with E-state index in [-0.39, 0.29) is 53.6 Å². The summed E-state index contributed by atoms with van der Waals surface area (Å²) in [6.45, 7) is 2.33. The number of ketones is 1. The highest BCUT2D eigenvalue weighted by Gasteiger charge is 2.51. The summed E-state index contributed by atoms with van der Waals surface area (Å²) >= 11 is 0. The maximum absolute atomic E-state index is 13.8. The molecule has 2 aliphatic carbocycles. The number of aliphatic hydroxyl groups excluding tert-OH is 2. The molecular formula is C37H37NO10. The molecule has 48 heavy (non-hydrogen) atoms. The molecule has 0 amide bonds. The van der Waals surface area contributed by atoms with Crippen LogP contribution in [0.2, 0.25) is 0 Å². The van der Waals surface area contributed by atoms with E-state index in [1.807, 2.05) is 42.6 Å². The Morgan fingerprint density at radius 1 is 1.19 bits per heavy atom. The van der Waals surface area contributed by atoms with Crippen molar-refractivity contribution in [1.82, 2.24) is 4.98 Å². The minimum absolute atomic E-state index is 0.00956. The molecule has 0 radical (unpaired) electrons. The van der Waals surface area contributed by atoms with Gasteiger partial charge in [0.05, 0.1) is 43.6 Å². The van der Waals surface area contributed by atoms with Crippen LogP contribution in [0, 0.1) is 5.92 Å². The average Bonchev–Trinajstić information content (AvgIpc) is 3.72. The van der Waals surface area contributed by atoms with Crippen molar-refractivity contribution in [3.8, 4) is 17.2 Å². The van der Waals surface area contributed by atoms with Crippen molar-refractivity contribution in [3.63, 3.8) is 0 Å². The average molecular weight is 656 g/mol. The molecule has 1 fully saturated rings. The molecule has 2 aliphatic heterocycles. The summed E-state index contributed by atoms with van der Waals surface area (Å²) in [5.74, 6) is -2.69. The molecule has 0 saturated heterocycles. The van der Waals surface area contributed by atoms with E-state index in [9.17, 15) is 29.7 Å². The van der Waals surface area contributed by atoms with Crippen molar-refractivity contribution in [2.75, 3.05) is 20.3 Å². The number of methoxy groups -OCH3 is 1. The summed E-state index contributed by atoms with van der Waals surface area (Å²) in [4.78, 5) is 43.4. The Morgan fingerprint density at radius 3 is 2.71 bits per heavy atom. The van der Waals surface area contributed by atoms with Crippen molar-refractivity contribution in [2.24, 2.45) is 5.92 Å². The third-order valence-corrected chi connectivity index (χ3v) is 10.0. The Morgan fingerprint density at radius 2 is 2.00 bits per heavy atom. The summed E-state index contributed by atoms with van der Waals surface area (Å²) in [7, 11) is 1.47. The number of hydrogen-bond acceptors (Lipinski definition) is 10. The van der Waals surface area contributed by atoms with Gasteiger partial charge in [-0.15, -0.1) is 0 Å². The number of benzene rings is 2. The first kappa shape index (κ1) is 31.9. The summed E-state index contributed by atoms with van der Waals surface area (Å²) in [5.41, 5.74) is 2.37. The summed E-state index contributed by atoms with van der Waals surface area (Å²) in [5, 5.41) is 33.5. The van der Waals surface area contributed by atoms with Crippen molar-refractivity contribution in [2.45, 2.75) is 63.3 Å². The Labute approximate surface area is 276 Å². The fourth-order valence-electron chi connectivity index (χ4n) is 7.80. The van der Waals surface area contributed by atoms with Gasteiger partial charge in [0.25, 0.3) is 0 Å². The SMILES string of the molecule is CCOC(=O)C1=C(C=O)/C(=C2/C[C@@H](CO)C(=O)[C@H](c3ccc4[nH]ccc4c3)C2)c2c(c(CO)c3c(c2OC)[C@@H]2C=CC[C@@](C)(O)[C@H]2O3)O1. The van der Waals surface area contributed by atoms with Crippen LogP contribution in [-0.2, 0) is 25.7 Å². The van der Waals surface area contributed by atoms with Gasteiger partial charge in [0.1, 0.15) is 34.7 Å².